The fourth-order valence-corrected chi connectivity index (χ4v) is 4.54. The number of thiazole rings is 1. The van der Waals surface area contributed by atoms with Gasteiger partial charge in [0.1, 0.15) is 22.2 Å². The van der Waals surface area contributed by atoms with E-state index in [2.05, 4.69) is 14.7 Å². The molecule has 2 aromatic rings. The molecule has 1 aromatic carbocycles. The number of carbonyl (C=O) groups is 1. The number of rotatable bonds is 7. The van der Waals surface area contributed by atoms with E-state index in [-0.39, 0.29) is 41.4 Å². The van der Waals surface area contributed by atoms with E-state index in [1.807, 2.05) is 13.8 Å². The normalized spacial score (nSPS) is 15.7. The van der Waals surface area contributed by atoms with Gasteiger partial charge in [0, 0.05) is 17.3 Å². The average Bonchev–Trinajstić information content (AvgIpc) is 3.20. The van der Waals surface area contributed by atoms with Gasteiger partial charge in [0.15, 0.2) is 0 Å². The van der Waals surface area contributed by atoms with Crippen LogP contribution in [0.15, 0.2) is 45.9 Å². The molecule has 1 aromatic heterocycles. The van der Waals surface area contributed by atoms with Crippen molar-refractivity contribution in [2.45, 2.75) is 20.0 Å². The molecule has 2 heterocycles. The minimum Gasteiger partial charge on any atom is -0.377 e. The lowest BCUT2D eigenvalue weighted by Gasteiger charge is -2.27. The van der Waals surface area contributed by atoms with Gasteiger partial charge >= 0.3 is 10.2 Å². The molecule has 0 saturated carbocycles. The van der Waals surface area contributed by atoms with Crippen LogP contribution in [0.5, 0.6) is 0 Å². The fraction of sp³-hybridized carbons (Fsp3) is 0.278. The maximum atomic E-state index is 13.4. The summed E-state index contributed by atoms with van der Waals surface area (Å²) in [4.78, 5) is 17.0. The van der Waals surface area contributed by atoms with Crippen LogP contribution in [0.1, 0.15) is 18.9 Å². The summed E-state index contributed by atoms with van der Waals surface area (Å²) < 4.78 is 49.1. The van der Waals surface area contributed by atoms with Crippen LogP contribution in [0, 0.1) is 5.82 Å². The molecular weight excluding hydrogens is 455 g/mol. The quantitative estimate of drug-likeness (QED) is 0.666. The van der Waals surface area contributed by atoms with Crippen LogP contribution in [0.3, 0.4) is 0 Å². The van der Waals surface area contributed by atoms with Gasteiger partial charge in [-0.15, -0.1) is 15.7 Å². The number of nitrogens with zero attached hydrogens (tertiary/aromatic N) is 3. The highest BCUT2D eigenvalue weighted by atomic mass is 35.5. The monoisotopic (exact) mass is 472 g/mol. The molecule has 160 valence electrons. The summed E-state index contributed by atoms with van der Waals surface area (Å²) in [5.74, 6) is -1.37. The topological polar surface area (TPSA) is 101 Å². The molecule has 30 heavy (non-hydrogen) atoms. The molecule has 0 fully saturated rings. The highest BCUT2D eigenvalue weighted by molar-refractivity contribution is 7.88. The number of nitrogens with one attached hydrogen (secondary N) is 1. The zero-order chi connectivity index (χ0) is 21.9. The maximum absolute atomic E-state index is 13.4. The molecular formula is C18H18ClFN4O4S2. The van der Waals surface area contributed by atoms with Crippen molar-refractivity contribution in [1.29, 1.82) is 0 Å². The van der Waals surface area contributed by atoms with Crippen molar-refractivity contribution in [3.05, 3.63) is 57.4 Å². The SMILES string of the molecule is CC(C)OCCN1C(C(=O)Nc2ccc(F)c(Cl)c2)=CC(c2nccs2)=NS1(=O)=O. The Kier molecular flexibility index (Phi) is 6.86. The lowest BCUT2D eigenvalue weighted by molar-refractivity contribution is -0.113. The number of carbonyl (C=O) groups excluding carboxylic acids is 1. The molecule has 1 N–H and O–H groups in total. The smallest absolute Gasteiger partial charge is 0.345 e. The van der Waals surface area contributed by atoms with Crippen molar-refractivity contribution in [2.75, 3.05) is 18.5 Å². The molecule has 0 bridgehead atoms. The Morgan fingerprint density at radius 1 is 1.40 bits per heavy atom. The van der Waals surface area contributed by atoms with E-state index in [4.69, 9.17) is 16.3 Å². The van der Waals surface area contributed by atoms with E-state index in [1.54, 1.807) is 5.38 Å². The van der Waals surface area contributed by atoms with Crippen molar-refractivity contribution in [1.82, 2.24) is 9.29 Å². The Bertz CT molecular complexity index is 1100. The predicted molar refractivity (Wildman–Crippen MR) is 113 cm³/mol. The zero-order valence-electron chi connectivity index (χ0n) is 16.0. The third-order valence-electron chi connectivity index (χ3n) is 3.84. The summed E-state index contributed by atoms with van der Waals surface area (Å²) in [5.41, 5.74) is 0.0951. The predicted octanol–water partition coefficient (Wildman–Crippen LogP) is 3.23. The molecule has 0 atom stereocenters. The fourth-order valence-electron chi connectivity index (χ4n) is 2.53. The summed E-state index contributed by atoms with van der Waals surface area (Å²) in [5, 5.41) is 4.38. The Labute approximate surface area is 182 Å². The van der Waals surface area contributed by atoms with Gasteiger partial charge in [-0.1, -0.05) is 11.6 Å². The molecule has 0 spiro atoms. The molecule has 8 nitrogen and oxygen atoms in total. The van der Waals surface area contributed by atoms with Gasteiger partial charge in [0.2, 0.25) is 0 Å². The van der Waals surface area contributed by atoms with Gasteiger partial charge < -0.3 is 10.1 Å². The van der Waals surface area contributed by atoms with Gasteiger partial charge in [-0.25, -0.2) is 13.7 Å². The first-order valence-electron chi connectivity index (χ1n) is 8.79. The van der Waals surface area contributed by atoms with E-state index in [1.165, 1.54) is 35.7 Å². The number of hydrogen-bond acceptors (Lipinski definition) is 6. The standard InChI is InChI=1S/C18H18ClFN4O4S2/c1-11(2)28-7-6-24-16(17(25)22-12-3-4-14(20)13(19)9-12)10-15(23-30(24,26)27)18-21-5-8-29-18/h3-5,8-11H,6-7H2,1-2H3,(H,22,25). The van der Waals surface area contributed by atoms with Crippen molar-refractivity contribution >= 4 is 50.5 Å². The lowest BCUT2D eigenvalue weighted by atomic mass is 10.2. The van der Waals surface area contributed by atoms with Crippen molar-refractivity contribution in [3.8, 4) is 0 Å². The second-order valence-corrected chi connectivity index (χ2v) is 9.22. The summed E-state index contributed by atoms with van der Waals surface area (Å²) in [6.45, 7) is 3.57. The van der Waals surface area contributed by atoms with Crippen LogP contribution in [-0.2, 0) is 19.7 Å². The Hall–Kier alpha value is -2.34. The second-order valence-electron chi connectivity index (χ2n) is 6.40. The van der Waals surface area contributed by atoms with Gasteiger partial charge in [-0.2, -0.15) is 8.42 Å². The van der Waals surface area contributed by atoms with Crippen LogP contribution < -0.4 is 5.32 Å². The first-order chi connectivity index (χ1) is 14.2. The molecule has 1 aliphatic heterocycles. The Balaban J connectivity index is 1.94. The van der Waals surface area contributed by atoms with Crippen LogP contribution in [0.4, 0.5) is 10.1 Å². The molecule has 0 radical (unpaired) electrons. The minimum atomic E-state index is -4.21. The van der Waals surface area contributed by atoms with E-state index in [0.717, 1.165) is 10.4 Å². The van der Waals surface area contributed by atoms with Crippen molar-refractivity contribution in [3.63, 3.8) is 0 Å². The van der Waals surface area contributed by atoms with Crippen molar-refractivity contribution < 1.29 is 22.3 Å². The van der Waals surface area contributed by atoms with Crippen LogP contribution in [0.2, 0.25) is 5.02 Å². The van der Waals surface area contributed by atoms with E-state index in [9.17, 15) is 17.6 Å². The number of anilines is 1. The largest absolute Gasteiger partial charge is 0.377 e. The Morgan fingerprint density at radius 2 is 2.17 bits per heavy atom. The first kappa shape index (κ1) is 22.3. The summed E-state index contributed by atoms with van der Waals surface area (Å²) >= 11 is 6.95. The van der Waals surface area contributed by atoms with E-state index >= 15 is 0 Å². The molecule has 0 aliphatic carbocycles. The number of hydrogen-bond donors (Lipinski definition) is 1. The number of allylic oxidation sites excluding steroid dienone is 1. The van der Waals surface area contributed by atoms with Crippen LogP contribution in [0.25, 0.3) is 0 Å². The Morgan fingerprint density at radius 3 is 2.80 bits per heavy atom. The molecule has 1 aliphatic rings. The molecule has 0 unspecified atom stereocenters. The number of halogens is 2. The molecule has 1 amide bonds. The van der Waals surface area contributed by atoms with Gasteiger partial charge in [-0.3, -0.25) is 4.79 Å². The second kappa shape index (κ2) is 9.21. The summed E-state index contributed by atoms with van der Waals surface area (Å²) in [6, 6.07) is 3.65. The summed E-state index contributed by atoms with van der Waals surface area (Å²) in [7, 11) is -4.21. The van der Waals surface area contributed by atoms with Crippen LogP contribution in [-0.4, -0.2) is 48.6 Å². The average molecular weight is 473 g/mol. The third-order valence-corrected chi connectivity index (χ3v) is 6.29. The van der Waals surface area contributed by atoms with E-state index < -0.39 is 21.9 Å². The highest BCUT2D eigenvalue weighted by Crippen LogP contribution is 2.25. The minimum absolute atomic E-state index is 0.0494. The van der Waals surface area contributed by atoms with E-state index in [0.29, 0.717) is 5.01 Å². The first-order valence-corrected chi connectivity index (χ1v) is 11.4. The maximum Gasteiger partial charge on any atom is 0.345 e. The molecule has 3 rings (SSSR count). The van der Waals surface area contributed by atoms with Crippen LogP contribution >= 0.6 is 22.9 Å². The van der Waals surface area contributed by atoms with Crippen molar-refractivity contribution in [2.24, 2.45) is 4.40 Å². The number of ether oxygens (including phenoxy) is 1. The zero-order valence-corrected chi connectivity index (χ0v) is 18.4. The van der Waals surface area contributed by atoms with Gasteiger partial charge in [0.25, 0.3) is 5.91 Å². The number of amides is 1. The molecule has 12 heteroatoms. The third kappa shape index (κ3) is 5.22. The van der Waals surface area contributed by atoms with Gasteiger partial charge in [0.05, 0.1) is 24.3 Å². The number of aromatic nitrogens is 1. The number of benzene rings is 1. The molecule has 0 saturated heterocycles. The highest BCUT2D eigenvalue weighted by Gasteiger charge is 2.33. The van der Waals surface area contributed by atoms with Gasteiger partial charge in [-0.05, 0) is 38.1 Å². The lowest BCUT2D eigenvalue weighted by Crippen LogP contribution is -2.40. The summed E-state index contributed by atoms with van der Waals surface area (Å²) in [6.07, 6.45) is 2.73.